The molecule has 22 heavy (non-hydrogen) atoms. The van der Waals surface area contributed by atoms with Gasteiger partial charge >= 0.3 is 0 Å². The molecule has 2 N–H and O–H groups in total. The topological polar surface area (TPSA) is 62.7 Å². The van der Waals surface area contributed by atoms with Crippen LogP contribution >= 0.6 is 0 Å². The van der Waals surface area contributed by atoms with E-state index in [-0.39, 0.29) is 5.56 Å². The highest BCUT2D eigenvalue weighted by Crippen LogP contribution is 2.10. The molecule has 2 aromatic heterocycles. The van der Waals surface area contributed by atoms with Crippen LogP contribution in [-0.4, -0.2) is 21.1 Å². The van der Waals surface area contributed by atoms with Gasteiger partial charge in [0.15, 0.2) is 0 Å². The third-order valence-corrected chi connectivity index (χ3v) is 3.72. The molecule has 114 valence electrons. The highest BCUT2D eigenvalue weighted by molar-refractivity contribution is 5.78. The maximum Gasteiger partial charge on any atom is 0.252 e. The van der Waals surface area contributed by atoms with Gasteiger partial charge in [-0.05, 0) is 30.0 Å². The van der Waals surface area contributed by atoms with Crippen molar-refractivity contribution in [3.05, 3.63) is 65.0 Å². The zero-order chi connectivity index (χ0) is 15.4. The van der Waals surface area contributed by atoms with Crippen molar-refractivity contribution >= 4 is 10.9 Å². The minimum atomic E-state index is -0.0199. The number of fused-ring (bicyclic) bond motifs is 1. The molecule has 1 atom stereocenters. The summed E-state index contributed by atoms with van der Waals surface area (Å²) in [5, 5.41) is 4.43. The Morgan fingerprint density at radius 1 is 1.36 bits per heavy atom. The van der Waals surface area contributed by atoms with Gasteiger partial charge in [0, 0.05) is 36.6 Å². The molecule has 0 spiro atoms. The first-order chi connectivity index (χ1) is 10.7. The second-order valence-electron chi connectivity index (χ2n) is 5.71. The number of hydrogen-bond acceptors (Lipinski definition) is 3. The van der Waals surface area contributed by atoms with E-state index in [0.29, 0.717) is 12.5 Å². The summed E-state index contributed by atoms with van der Waals surface area (Å²) in [7, 11) is 0. The number of hydrogen-bond donors (Lipinski definition) is 2. The minimum absolute atomic E-state index is 0.0199. The number of H-pyrrole nitrogens is 1. The molecule has 0 saturated carbocycles. The molecule has 5 heteroatoms. The number of nitrogens with zero attached hydrogens (tertiary/aromatic N) is 2. The van der Waals surface area contributed by atoms with Crippen molar-refractivity contribution in [2.24, 2.45) is 5.92 Å². The number of aromatic amines is 1. The Labute approximate surface area is 129 Å². The van der Waals surface area contributed by atoms with Gasteiger partial charge in [0.2, 0.25) is 0 Å². The van der Waals surface area contributed by atoms with Crippen LogP contribution in [0.15, 0.2) is 53.8 Å². The molecule has 0 aliphatic heterocycles. The molecule has 5 nitrogen and oxygen atoms in total. The van der Waals surface area contributed by atoms with E-state index < -0.39 is 0 Å². The predicted octanol–water partition coefficient (Wildman–Crippen LogP) is 2.15. The molecular formula is C17H20N4O. The third-order valence-electron chi connectivity index (χ3n) is 3.72. The first kappa shape index (κ1) is 14.5. The van der Waals surface area contributed by atoms with E-state index in [9.17, 15) is 4.79 Å². The second kappa shape index (κ2) is 6.58. The Balaban J connectivity index is 1.59. The van der Waals surface area contributed by atoms with Gasteiger partial charge in [-0.2, -0.15) is 0 Å². The lowest BCUT2D eigenvalue weighted by molar-refractivity contribution is 0.444. The van der Waals surface area contributed by atoms with Crippen LogP contribution in [0.3, 0.4) is 0 Å². The molecule has 3 rings (SSSR count). The van der Waals surface area contributed by atoms with Crippen LogP contribution in [0.25, 0.3) is 10.9 Å². The van der Waals surface area contributed by atoms with E-state index in [4.69, 9.17) is 0 Å². The summed E-state index contributed by atoms with van der Waals surface area (Å²) < 4.78 is 2.06. The number of para-hydroxylation sites is 1. The van der Waals surface area contributed by atoms with Gasteiger partial charge in [0.1, 0.15) is 0 Å². The zero-order valence-corrected chi connectivity index (χ0v) is 12.6. The Bertz CT molecular complexity index is 792. The average molecular weight is 296 g/mol. The third kappa shape index (κ3) is 3.43. The van der Waals surface area contributed by atoms with Gasteiger partial charge in [-0.25, -0.2) is 4.98 Å². The first-order valence-corrected chi connectivity index (χ1v) is 7.50. The molecule has 0 radical (unpaired) electrons. The second-order valence-corrected chi connectivity index (χ2v) is 5.71. The van der Waals surface area contributed by atoms with E-state index in [0.717, 1.165) is 29.6 Å². The SMILES string of the molecule is CC(CNCc1cc2ccccc2[nH]c1=O)Cn1ccnc1. The standard InChI is InChI=1S/C17H20N4O/c1-13(11-21-7-6-18-12-21)9-19-10-15-8-14-4-2-3-5-16(14)20-17(15)22/h2-8,12-13,19H,9-11H2,1H3,(H,20,22). The van der Waals surface area contributed by atoms with Crippen molar-refractivity contribution in [2.45, 2.75) is 20.0 Å². The largest absolute Gasteiger partial charge is 0.337 e. The Morgan fingerprint density at radius 2 is 2.23 bits per heavy atom. The predicted molar refractivity (Wildman–Crippen MR) is 87.7 cm³/mol. The summed E-state index contributed by atoms with van der Waals surface area (Å²) >= 11 is 0. The summed E-state index contributed by atoms with van der Waals surface area (Å²) in [6.45, 7) is 4.53. The van der Waals surface area contributed by atoms with E-state index in [1.165, 1.54) is 0 Å². The Kier molecular flexibility index (Phi) is 4.34. The van der Waals surface area contributed by atoms with Crippen LogP contribution < -0.4 is 10.9 Å². The highest BCUT2D eigenvalue weighted by atomic mass is 16.1. The average Bonchev–Trinajstić information content (AvgIpc) is 3.00. The molecule has 0 amide bonds. The maximum atomic E-state index is 12.1. The van der Waals surface area contributed by atoms with Crippen LogP contribution in [-0.2, 0) is 13.1 Å². The van der Waals surface area contributed by atoms with E-state index in [1.54, 1.807) is 6.20 Å². The van der Waals surface area contributed by atoms with Gasteiger partial charge < -0.3 is 14.9 Å². The summed E-state index contributed by atoms with van der Waals surface area (Å²) in [5.41, 5.74) is 1.63. The molecule has 0 saturated heterocycles. The monoisotopic (exact) mass is 296 g/mol. The molecular weight excluding hydrogens is 276 g/mol. The number of nitrogens with one attached hydrogen (secondary N) is 2. The summed E-state index contributed by atoms with van der Waals surface area (Å²) in [6.07, 6.45) is 5.57. The van der Waals surface area contributed by atoms with Gasteiger partial charge in [-0.3, -0.25) is 4.79 Å². The quantitative estimate of drug-likeness (QED) is 0.732. The zero-order valence-electron chi connectivity index (χ0n) is 12.6. The maximum absolute atomic E-state index is 12.1. The highest BCUT2D eigenvalue weighted by Gasteiger charge is 2.05. The summed E-state index contributed by atoms with van der Waals surface area (Å²) in [6, 6.07) is 9.79. The lowest BCUT2D eigenvalue weighted by Crippen LogP contribution is -2.26. The van der Waals surface area contributed by atoms with Crippen molar-refractivity contribution in [3.8, 4) is 0 Å². The number of pyridine rings is 1. The normalized spacial score (nSPS) is 12.6. The minimum Gasteiger partial charge on any atom is -0.337 e. The number of imidazole rings is 1. The summed E-state index contributed by atoms with van der Waals surface area (Å²) in [4.78, 5) is 19.0. The van der Waals surface area contributed by atoms with Gasteiger partial charge in [-0.1, -0.05) is 25.1 Å². The van der Waals surface area contributed by atoms with Crippen molar-refractivity contribution in [1.82, 2.24) is 19.9 Å². The Hall–Kier alpha value is -2.40. The fraction of sp³-hybridized carbons (Fsp3) is 0.294. The van der Waals surface area contributed by atoms with Crippen LogP contribution in [0.2, 0.25) is 0 Å². The summed E-state index contributed by atoms with van der Waals surface area (Å²) in [5.74, 6) is 0.466. The molecule has 0 fully saturated rings. The van der Waals surface area contributed by atoms with E-state index in [2.05, 4.69) is 26.8 Å². The van der Waals surface area contributed by atoms with Gasteiger partial charge in [0.05, 0.1) is 6.33 Å². The molecule has 1 aromatic carbocycles. The van der Waals surface area contributed by atoms with Crippen LogP contribution in [0.4, 0.5) is 0 Å². The van der Waals surface area contributed by atoms with Crippen LogP contribution in [0.1, 0.15) is 12.5 Å². The Morgan fingerprint density at radius 3 is 3.05 bits per heavy atom. The molecule has 0 aliphatic carbocycles. The van der Waals surface area contributed by atoms with Gasteiger partial charge in [-0.15, -0.1) is 0 Å². The molecule has 1 unspecified atom stereocenters. The van der Waals surface area contributed by atoms with Crippen LogP contribution in [0, 0.1) is 5.92 Å². The molecule has 0 aliphatic rings. The van der Waals surface area contributed by atoms with Crippen molar-refractivity contribution in [2.75, 3.05) is 6.54 Å². The first-order valence-electron chi connectivity index (χ1n) is 7.50. The van der Waals surface area contributed by atoms with Crippen molar-refractivity contribution in [3.63, 3.8) is 0 Å². The van der Waals surface area contributed by atoms with Crippen molar-refractivity contribution < 1.29 is 0 Å². The number of rotatable bonds is 6. The van der Waals surface area contributed by atoms with Crippen LogP contribution in [0.5, 0.6) is 0 Å². The van der Waals surface area contributed by atoms with E-state index >= 15 is 0 Å². The lowest BCUT2D eigenvalue weighted by Gasteiger charge is -2.13. The lowest BCUT2D eigenvalue weighted by atomic mass is 10.1. The number of benzene rings is 1. The number of aromatic nitrogens is 3. The van der Waals surface area contributed by atoms with Gasteiger partial charge in [0.25, 0.3) is 5.56 Å². The molecule has 2 heterocycles. The smallest absolute Gasteiger partial charge is 0.252 e. The fourth-order valence-electron chi connectivity index (χ4n) is 2.60. The molecule has 0 bridgehead atoms. The van der Waals surface area contributed by atoms with Crippen molar-refractivity contribution in [1.29, 1.82) is 0 Å². The van der Waals surface area contributed by atoms with E-state index in [1.807, 2.05) is 42.9 Å². The molecule has 3 aromatic rings. The fourth-order valence-corrected chi connectivity index (χ4v) is 2.60.